The molecule has 2 rings (SSSR count). The Labute approximate surface area is 114 Å². The summed E-state index contributed by atoms with van der Waals surface area (Å²) >= 11 is 5.74. The van der Waals surface area contributed by atoms with Gasteiger partial charge in [0.25, 0.3) is 0 Å². The monoisotopic (exact) mass is 287 g/mol. The minimum absolute atomic E-state index is 0.0571. The fraction of sp³-hybridized carbons (Fsp3) is 0.600. The summed E-state index contributed by atoms with van der Waals surface area (Å²) in [5, 5.41) is 11.0. The van der Waals surface area contributed by atoms with E-state index >= 15 is 0 Å². The van der Waals surface area contributed by atoms with Gasteiger partial charge in [0.2, 0.25) is 16.9 Å². The molecule has 1 aliphatic heterocycles. The molecule has 0 spiro atoms. The van der Waals surface area contributed by atoms with Gasteiger partial charge in [-0.1, -0.05) is 0 Å². The molecule has 1 aliphatic rings. The summed E-state index contributed by atoms with van der Waals surface area (Å²) in [6, 6.07) is 0. The Morgan fingerprint density at radius 2 is 2.00 bits per heavy atom. The van der Waals surface area contributed by atoms with Gasteiger partial charge in [-0.15, -0.1) is 0 Å². The van der Waals surface area contributed by atoms with Crippen molar-refractivity contribution in [3.05, 3.63) is 15.4 Å². The lowest BCUT2D eigenvalue weighted by Crippen LogP contribution is -2.46. The van der Waals surface area contributed by atoms with Gasteiger partial charge in [0.1, 0.15) is 0 Å². The van der Waals surface area contributed by atoms with Crippen LogP contribution in [0.5, 0.6) is 0 Å². The predicted molar refractivity (Wildman–Crippen MR) is 70.3 cm³/mol. The molecule has 0 bridgehead atoms. The molecule has 0 radical (unpaired) electrons. The molecule has 0 aliphatic carbocycles. The van der Waals surface area contributed by atoms with Crippen LogP contribution in [0.3, 0.4) is 0 Å². The van der Waals surface area contributed by atoms with Crippen LogP contribution in [-0.2, 0) is 4.74 Å². The molecule has 0 unspecified atom stereocenters. The van der Waals surface area contributed by atoms with Gasteiger partial charge in [-0.05, 0) is 25.4 Å². The molecule has 1 aromatic heterocycles. The number of rotatable bonds is 2. The van der Waals surface area contributed by atoms with Gasteiger partial charge < -0.3 is 15.4 Å². The van der Waals surface area contributed by atoms with E-state index in [0.717, 1.165) is 0 Å². The molecule has 2 N–H and O–H groups in total. The summed E-state index contributed by atoms with van der Waals surface area (Å²) in [5.74, 6) is -0.0868. The number of morpholine rings is 1. The van der Waals surface area contributed by atoms with Gasteiger partial charge in [-0.25, -0.2) is 0 Å². The van der Waals surface area contributed by atoms with Gasteiger partial charge in [-0.3, -0.25) is 10.1 Å². The first-order valence-corrected chi connectivity index (χ1v) is 6.14. The van der Waals surface area contributed by atoms with Gasteiger partial charge in [-0.2, -0.15) is 9.97 Å². The van der Waals surface area contributed by atoms with Crippen LogP contribution in [0.1, 0.15) is 13.8 Å². The highest BCUT2D eigenvalue weighted by atomic mass is 35.5. The molecule has 2 heterocycles. The molecule has 8 nitrogen and oxygen atoms in total. The van der Waals surface area contributed by atoms with Crippen molar-refractivity contribution >= 4 is 28.9 Å². The summed E-state index contributed by atoms with van der Waals surface area (Å²) in [6.07, 6.45) is -0.114. The molecule has 0 saturated carbocycles. The van der Waals surface area contributed by atoms with Crippen molar-refractivity contribution in [1.82, 2.24) is 9.97 Å². The lowest BCUT2D eigenvalue weighted by molar-refractivity contribution is -0.383. The second kappa shape index (κ2) is 5.14. The topological polar surface area (TPSA) is 107 Å². The highest BCUT2D eigenvalue weighted by Crippen LogP contribution is 2.33. The van der Waals surface area contributed by atoms with Crippen LogP contribution in [0, 0.1) is 10.1 Å². The number of ether oxygens (including phenoxy) is 1. The fourth-order valence-electron chi connectivity index (χ4n) is 2.18. The second-order valence-corrected chi connectivity index (χ2v) is 4.81. The summed E-state index contributed by atoms with van der Waals surface area (Å²) < 4.78 is 5.58. The first-order chi connectivity index (χ1) is 8.88. The summed E-state index contributed by atoms with van der Waals surface area (Å²) in [5.41, 5.74) is 5.25. The Balaban J connectivity index is 2.45. The Morgan fingerprint density at radius 1 is 1.42 bits per heavy atom. The summed E-state index contributed by atoms with van der Waals surface area (Å²) in [7, 11) is 0. The molecular weight excluding hydrogens is 274 g/mol. The van der Waals surface area contributed by atoms with E-state index in [9.17, 15) is 10.1 Å². The largest absolute Gasteiger partial charge is 0.378 e. The Hall–Kier alpha value is -1.67. The fourth-order valence-corrected chi connectivity index (χ4v) is 2.35. The average molecular weight is 288 g/mol. The zero-order valence-corrected chi connectivity index (χ0v) is 11.3. The number of nitrogens with two attached hydrogens (primary N) is 1. The number of halogens is 1. The van der Waals surface area contributed by atoms with Crippen molar-refractivity contribution in [3.8, 4) is 0 Å². The van der Waals surface area contributed by atoms with Crippen molar-refractivity contribution in [2.24, 2.45) is 0 Å². The first kappa shape index (κ1) is 13.8. The maximum atomic E-state index is 11.1. The third-order valence-corrected chi connectivity index (χ3v) is 2.94. The number of aromatic nitrogens is 2. The number of nitrogens with zero attached hydrogens (tertiary/aromatic N) is 4. The molecule has 19 heavy (non-hydrogen) atoms. The smallest absolute Gasteiger partial charge is 0.353 e. The maximum absolute atomic E-state index is 11.1. The molecule has 104 valence electrons. The number of nitrogen functional groups attached to an aromatic ring is 1. The van der Waals surface area contributed by atoms with Crippen LogP contribution in [0.2, 0.25) is 5.28 Å². The van der Waals surface area contributed by atoms with Crippen molar-refractivity contribution in [1.29, 1.82) is 0 Å². The number of anilines is 2. The molecule has 9 heteroatoms. The highest BCUT2D eigenvalue weighted by molar-refractivity contribution is 6.28. The standard InChI is InChI=1S/C10H14ClN5O3/c1-5-3-15(4-6(2)19-5)9-7(16(17)18)8(12)13-10(11)14-9/h5-6H,3-4H2,1-2H3,(H2,12,13,14)/t5-,6-/m0/s1. The Morgan fingerprint density at radius 3 is 2.53 bits per heavy atom. The second-order valence-electron chi connectivity index (χ2n) is 4.47. The lowest BCUT2D eigenvalue weighted by atomic mass is 10.2. The van der Waals surface area contributed by atoms with E-state index in [1.807, 2.05) is 13.8 Å². The number of nitro groups is 1. The number of hydrogen-bond acceptors (Lipinski definition) is 7. The molecule has 1 saturated heterocycles. The van der Waals surface area contributed by atoms with Crippen LogP contribution in [0.25, 0.3) is 0 Å². The van der Waals surface area contributed by atoms with E-state index in [4.69, 9.17) is 22.1 Å². The first-order valence-electron chi connectivity index (χ1n) is 5.76. The minimum Gasteiger partial charge on any atom is -0.378 e. The van der Waals surface area contributed by atoms with Crippen LogP contribution < -0.4 is 10.6 Å². The summed E-state index contributed by atoms with van der Waals surface area (Å²) in [6.45, 7) is 4.75. The van der Waals surface area contributed by atoms with Gasteiger partial charge >= 0.3 is 5.69 Å². The van der Waals surface area contributed by atoms with Crippen LogP contribution >= 0.6 is 11.6 Å². The predicted octanol–water partition coefficient (Wildman–Crippen LogP) is 1.23. The van der Waals surface area contributed by atoms with Crippen LogP contribution in [0.4, 0.5) is 17.3 Å². The van der Waals surface area contributed by atoms with Crippen molar-refractivity contribution in [3.63, 3.8) is 0 Å². The van der Waals surface area contributed by atoms with Gasteiger partial charge in [0.05, 0.1) is 17.1 Å². The molecule has 1 aromatic rings. The van der Waals surface area contributed by atoms with Crippen molar-refractivity contribution < 1.29 is 9.66 Å². The maximum Gasteiger partial charge on any atom is 0.353 e. The molecule has 1 fully saturated rings. The highest BCUT2D eigenvalue weighted by Gasteiger charge is 2.31. The van der Waals surface area contributed by atoms with E-state index in [1.54, 1.807) is 4.90 Å². The molecular formula is C10H14ClN5O3. The minimum atomic E-state index is -0.591. The molecule has 2 atom stereocenters. The van der Waals surface area contributed by atoms with Gasteiger partial charge in [0.15, 0.2) is 0 Å². The van der Waals surface area contributed by atoms with Crippen LogP contribution in [-0.4, -0.2) is 40.2 Å². The van der Waals surface area contributed by atoms with E-state index in [-0.39, 0.29) is 34.8 Å². The molecule has 0 amide bonds. The average Bonchev–Trinajstić information content (AvgIpc) is 2.25. The quantitative estimate of drug-likeness (QED) is 0.495. The zero-order chi connectivity index (χ0) is 14.2. The van der Waals surface area contributed by atoms with E-state index in [1.165, 1.54) is 0 Å². The van der Waals surface area contributed by atoms with Gasteiger partial charge in [0, 0.05) is 13.1 Å². The number of hydrogen-bond donors (Lipinski definition) is 1. The van der Waals surface area contributed by atoms with Crippen LogP contribution in [0.15, 0.2) is 0 Å². The Bertz CT molecular complexity index is 502. The third-order valence-electron chi connectivity index (χ3n) is 2.77. The summed E-state index contributed by atoms with van der Waals surface area (Å²) in [4.78, 5) is 19.8. The van der Waals surface area contributed by atoms with Crippen molar-refractivity contribution in [2.75, 3.05) is 23.7 Å². The SMILES string of the molecule is C[C@H]1CN(c2nc(Cl)nc(N)c2[N+](=O)[O-])C[C@H](C)O1. The zero-order valence-electron chi connectivity index (χ0n) is 10.5. The Kier molecular flexibility index (Phi) is 3.72. The van der Waals surface area contributed by atoms with E-state index in [2.05, 4.69) is 9.97 Å². The lowest BCUT2D eigenvalue weighted by Gasteiger charge is -2.35. The normalized spacial score (nSPS) is 23.4. The van der Waals surface area contributed by atoms with E-state index in [0.29, 0.717) is 13.1 Å². The molecule has 0 aromatic carbocycles. The third kappa shape index (κ3) is 2.85. The van der Waals surface area contributed by atoms with E-state index < -0.39 is 4.92 Å². The van der Waals surface area contributed by atoms with Crippen molar-refractivity contribution in [2.45, 2.75) is 26.1 Å².